The Hall–Kier alpha value is -3.16. The van der Waals surface area contributed by atoms with Crippen LogP contribution in [0.3, 0.4) is 0 Å². The Morgan fingerprint density at radius 3 is 2.03 bits per heavy atom. The maximum atomic E-state index is 13.1. The molecule has 9 N–H and O–H groups in total. The number of benzene rings is 1. The van der Waals surface area contributed by atoms with Crippen LogP contribution in [-0.2, 0) is 30.4 Å². The molecule has 0 heterocycles. The smallest absolute Gasteiger partial charge is 0.328 e. The molecule has 0 bridgehead atoms. The molecule has 1 aromatic carbocycles. The fourth-order valence-corrected chi connectivity index (χ4v) is 3.06. The fourth-order valence-electron chi connectivity index (χ4n) is 2.89. The Morgan fingerprint density at radius 2 is 1.53 bits per heavy atom. The Bertz CT molecular complexity index is 868. The van der Waals surface area contributed by atoms with Gasteiger partial charge < -0.3 is 37.6 Å². The molecule has 0 spiro atoms. The van der Waals surface area contributed by atoms with E-state index in [1.807, 2.05) is 0 Å². The largest absolute Gasteiger partial charge is 0.480 e. The van der Waals surface area contributed by atoms with Crippen molar-refractivity contribution in [3.8, 4) is 0 Å². The van der Waals surface area contributed by atoms with Gasteiger partial charge in [0, 0.05) is 18.6 Å². The zero-order chi connectivity index (χ0) is 25.8. The molecule has 0 radical (unpaired) electrons. The van der Waals surface area contributed by atoms with Crippen LogP contribution in [0.5, 0.6) is 0 Å². The lowest BCUT2D eigenvalue weighted by Crippen LogP contribution is -2.58. The average molecular weight is 498 g/mol. The van der Waals surface area contributed by atoms with Crippen molar-refractivity contribution in [1.82, 2.24) is 16.0 Å². The number of carboxylic acids is 1. The number of amides is 4. The lowest BCUT2D eigenvalue weighted by Gasteiger charge is -2.25. The van der Waals surface area contributed by atoms with Crippen LogP contribution in [0.15, 0.2) is 30.3 Å². The molecular weight excluding hydrogens is 466 g/mol. The number of hydrogen-bond donors (Lipinski definition) is 8. The van der Waals surface area contributed by atoms with Crippen molar-refractivity contribution in [2.75, 3.05) is 5.75 Å². The second-order valence-corrected chi connectivity index (χ2v) is 8.04. The summed E-state index contributed by atoms with van der Waals surface area (Å²) in [6.45, 7) is 1.17. The van der Waals surface area contributed by atoms with E-state index in [0.717, 1.165) is 0 Å². The first-order valence-corrected chi connectivity index (χ1v) is 11.1. The van der Waals surface area contributed by atoms with E-state index in [4.69, 9.17) is 11.5 Å². The highest BCUT2D eigenvalue weighted by atomic mass is 32.1. The SMILES string of the molecule is CC(O)C(NC(=O)C(CCC(N)=O)NC(=O)C(Cc1ccccc1)NC(=O)C(N)CS)C(=O)O. The van der Waals surface area contributed by atoms with E-state index in [9.17, 15) is 34.2 Å². The number of aliphatic hydroxyl groups excluding tert-OH is 1. The molecule has 0 aliphatic heterocycles. The van der Waals surface area contributed by atoms with Gasteiger partial charge in [-0.25, -0.2) is 4.79 Å². The number of nitrogens with two attached hydrogens (primary N) is 2. The molecule has 0 fully saturated rings. The summed E-state index contributed by atoms with van der Waals surface area (Å²) in [7, 11) is 0. The molecule has 0 aliphatic carbocycles. The molecule has 0 saturated carbocycles. The molecule has 0 saturated heterocycles. The van der Waals surface area contributed by atoms with Crippen LogP contribution >= 0.6 is 12.6 Å². The van der Waals surface area contributed by atoms with Crippen LogP contribution in [0.25, 0.3) is 0 Å². The lowest BCUT2D eigenvalue weighted by atomic mass is 10.0. The molecule has 12 nitrogen and oxygen atoms in total. The summed E-state index contributed by atoms with van der Waals surface area (Å²) in [5.74, 6) is -4.55. The van der Waals surface area contributed by atoms with Crippen molar-refractivity contribution < 1.29 is 34.2 Å². The summed E-state index contributed by atoms with van der Waals surface area (Å²) in [5.41, 5.74) is 11.5. The Morgan fingerprint density at radius 1 is 0.971 bits per heavy atom. The zero-order valence-corrected chi connectivity index (χ0v) is 19.5. The van der Waals surface area contributed by atoms with Gasteiger partial charge in [0.05, 0.1) is 12.1 Å². The molecule has 5 unspecified atom stereocenters. The second-order valence-electron chi connectivity index (χ2n) is 7.67. The van der Waals surface area contributed by atoms with Gasteiger partial charge in [0.1, 0.15) is 12.1 Å². The van der Waals surface area contributed by atoms with E-state index in [-0.39, 0.29) is 25.0 Å². The first-order chi connectivity index (χ1) is 16.0. The minimum Gasteiger partial charge on any atom is -0.480 e. The van der Waals surface area contributed by atoms with Gasteiger partial charge in [-0.2, -0.15) is 12.6 Å². The van der Waals surface area contributed by atoms with Crippen LogP contribution in [0.4, 0.5) is 0 Å². The number of thiol groups is 1. The van der Waals surface area contributed by atoms with Crippen LogP contribution in [0.2, 0.25) is 0 Å². The normalized spacial score (nSPS) is 15.2. The highest BCUT2D eigenvalue weighted by Gasteiger charge is 2.32. The first-order valence-electron chi connectivity index (χ1n) is 10.5. The summed E-state index contributed by atoms with van der Waals surface area (Å²) in [5, 5.41) is 25.9. The predicted octanol–water partition coefficient (Wildman–Crippen LogP) is -2.33. The van der Waals surface area contributed by atoms with Gasteiger partial charge in [-0.05, 0) is 18.9 Å². The van der Waals surface area contributed by atoms with E-state index >= 15 is 0 Å². The van der Waals surface area contributed by atoms with Crippen molar-refractivity contribution in [3.05, 3.63) is 35.9 Å². The van der Waals surface area contributed by atoms with Gasteiger partial charge in [0.15, 0.2) is 6.04 Å². The van der Waals surface area contributed by atoms with Crippen molar-refractivity contribution in [2.45, 2.75) is 56.5 Å². The number of primary amides is 1. The minimum atomic E-state index is -1.64. The van der Waals surface area contributed by atoms with E-state index in [1.54, 1.807) is 30.3 Å². The number of carbonyl (C=O) groups is 5. The Balaban J connectivity index is 3.11. The molecule has 0 aliphatic rings. The quantitative estimate of drug-likeness (QED) is 0.130. The van der Waals surface area contributed by atoms with Crippen molar-refractivity contribution in [1.29, 1.82) is 0 Å². The van der Waals surface area contributed by atoms with E-state index < -0.39 is 59.9 Å². The monoisotopic (exact) mass is 497 g/mol. The average Bonchev–Trinajstić information content (AvgIpc) is 2.78. The molecule has 1 aromatic rings. The fraction of sp³-hybridized carbons (Fsp3) is 0.476. The summed E-state index contributed by atoms with van der Waals surface area (Å²) in [6, 6.07) is 3.61. The van der Waals surface area contributed by atoms with Crippen molar-refractivity contribution >= 4 is 42.2 Å². The van der Waals surface area contributed by atoms with Crippen LogP contribution in [-0.4, -0.2) is 75.8 Å². The number of aliphatic hydroxyl groups is 1. The van der Waals surface area contributed by atoms with Gasteiger partial charge in [-0.1, -0.05) is 30.3 Å². The number of carbonyl (C=O) groups excluding carboxylic acids is 4. The second kappa shape index (κ2) is 14.2. The molecule has 0 aromatic heterocycles. The van der Waals surface area contributed by atoms with E-state index in [1.165, 1.54) is 6.92 Å². The third kappa shape index (κ3) is 9.77. The van der Waals surface area contributed by atoms with E-state index in [2.05, 4.69) is 28.6 Å². The lowest BCUT2D eigenvalue weighted by molar-refractivity contribution is -0.145. The number of hydrogen-bond acceptors (Lipinski definition) is 8. The summed E-state index contributed by atoms with van der Waals surface area (Å²) < 4.78 is 0. The molecule has 13 heteroatoms. The Kier molecular flexibility index (Phi) is 12.0. The predicted molar refractivity (Wildman–Crippen MR) is 126 cm³/mol. The number of carboxylic acid groups (broad SMARTS) is 1. The van der Waals surface area contributed by atoms with Gasteiger partial charge in [-0.15, -0.1) is 0 Å². The topological polar surface area (TPSA) is 214 Å². The van der Waals surface area contributed by atoms with Gasteiger partial charge in [0.25, 0.3) is 0 Å². The molecule has 5 atom stereocenters. The standard InChI is InChI=1S/C21H31N5O7S/c1-11(27)17(21(32)33)26-19(30)14(7-8-16(23)28)24-20(31)15(25-18(29)13(22)10-34)9-12-5-3-2-4-6-12/h2-6,11,13-15,17,27,34H,7-10,22H2,1H3,(H2,23,28)(H,24,31)(H,25,29)(H,26,30)(H,32,33). The van der Waals surface area contributed by atoms with Gasteiger partial charge in [0.2, 0.25) is 23.6 Å². The first kappa shape index (κ1) is 28.9. The third-order valence-corrected chi connectivity index (χ3v) is 5.20. The molecular formula is C21H31N5O7S. The molecule has 188 valence electrons. The highest BCUT2D eigenvalue weighted by molar-refractivity contribution is 7.80. The highest BCUT2D eigenvalue weighted by Crippen LogP contribution is 2.07. The van der Waals surface area contributed by atoms with Crippen LogP contribution in [0.1, 0.15) is 25.3 Å². The van der Waals surface area contributed by atoms with Crippen molar-refractivity contribution in [3.63, 3.8) is 0 Å². The number of aliphatic carboxylic acids is 1. The molecule has 4 amide bonds. The Labute approximate surface area is 202 Å². The van der Waals surface area contributed by atoms with Crippen molar-refractivity contribution in [2.24, 2.45) is 11.5 Å². The summed E-state index contributed by atoms with van der Waals surface area (Å²) in [4.78, 5) is 60.6. The third-order valence-electron chi connectivity index (χ3n) is 4.81. The van der Waals surface area contributed by atoms with E-state index in [0.29, 0.717) is 5.56 Å². The molecule has 1 rings (SSSR count). The van der Waals surface area contributed by atoms with Gasteiger partial charge >= 0.3 is 5.97 Å². The van der Waals surface area contributed by atoms with Crippen LogP contribution < -0.4 is 27.4 Å². The number of rotatable bonds is 14. The summed E-state index contributed by atoms with van der Waals surface area (Å²) in [6.07, 6.45) is -1.89. The minimum absolute atomic E-state index is 0.0328. The summed E-state index contributed by atoms with van der Waals surface area (Å²) >= 11 is 3.97. The maximum Gasteiger partial charge on any atom is 0.328 e. The number of nitrogens with one attached hydrogen (secondary N) is 3. The molecule has 34 heavy (non-hydrogen) atoms. The maximum absolute atomic E-state index is 13.1. The zero-order valence-electron chi connectivity index (χ0n) is 18.6. The van der Waals surface area contributed by atoms with Gasteiger partial charge in [-0.3, -0.25) is 19.2 Å². The van der Waals surface area contributed by atoms with Crippen LogP contribution in [0, 0.1) is 0 Å².